The molecular weight excluding hydrogens is 2350 g/mol. The predicted molar refractivity (Wildman–Crippen MR) is 622 cm³/mol. The van der Waals surface area contributed by atoms with Gasteiger partial charge in [0.15, 0.2) is 11.6 Å². The van der Waals surface area contributed by atoms with Crippen molar-refractivity contribution in [2.75, 3.05) is 39.1 Å². The Balaban J connectivity index is 0.000000447. The van der Waals surface area contributed by atoms with Crippen LogP contribution in [0.1, 0.15) is 208 Å². The topological polar surface area (TPSA) is 442 Å². The summed E-state index contributed by atoms with van der Waals surface area (Å²) >= 11 is 28.3. The first-order valence-electron chi connectivity index (χ1n) is 46.4. The molecule has 0 aliphatic rings. The van der Waals surface area contributed by atoms with Crippen LogP contribution >= 0.6 is 142 Å². The number of aryl methyl sites for hydroxylation is 1. The van der Waals surface area contributed by atoms with Crippen LogP contribution in [0.4, 0.5) is 54.1 Å². The first-order valence-corrected chi connectivity index (χ1v) is 53.7. The van der Waals surface area contributed by atoms with Crippen LogP contribution in [0.2, 0.25) is 0 Å². The van der Waals surface area contributed by atoms with Gasteiger partial charge in [-0.25, -0.2) is 49.1 Å². The van der Waals surface area contributed by atoms with Crippen molar-refractivity contribution < 1.29 is 77.4 Å². The summed E-state index contributed by atoms with van der Waals surface area (Å²) in [4.78, 5) is 124. The number of amides is 4. The molecule has 147 heavy (non-hydrogen) atoms. The number of hydrogen-bond donors (Lipinski definition) is 8. The van der Waals surface area contributed by atoms with Crippen molar-refractivity contribution in [1.82, 2.24) is 29.9 Å². The highest BCUT2D eigenvalue weighted by Crippen LogP contribution is 2.42. The number of carbonyl (C=O) groups is 8. The molecular formula is C107H132B2Br6Cl2N12O16S2. The molecule has 0 aliphatic carbocycles. The SMILES string of the molecule is CC(=O)Cc1cccc(B(O)O)c1.CCc1c(-c2cccc(CC(C)=O)c2)cnc(N(C(=O)OC(C)(C)C)C(=O)OC(C)(C)C)c1Br.CCc1c(-c2cccc(CC(C)=O)c2)cnc(N)c1-c1cccs1.CCc1c(-c2cccc(CC(C)=O)c2)cnc(N)c1Br.CCc1c(Br)cnc(N(C(=O)OC(C)(C)C)C(=O)OC(C)(C)C)c1Br.CCc1c(Br)cnc(N)c1Br.CCc1ccnc(N)c1.CCl.Cl.OB(O)c1cccs1. The van der Waals surface area contributed by atoms with Crippen molar-refractivity contribution >= 4 is 249 Å². The van der Waals surface area contributed by atoms with Gasteiger partial charge in [-0.3, -0.25) is 19.2 Å². The van der Waals surface area contributed by atoms with Crippen molar-refractivity contribution in [1.29, 1.82) is 0 Å². The Bertz CT molecular complexity index is 6320. The van der Waals surface area contributed by atoms with E-state index < -0.39 is 61.0 Å². The molecule has 0 spiro atoms. The second-order valence-corrected chi connectivity index (χ2v) is 43.3. The molecule has 12 rings (SSSR count). The third-order valence-electron chi connectivity index (χ3n) is 19.7. The van der Waals surface area contributed by atoms with E-state index in [0.29, 0.717) is 81.0 Å². The number of aromatic nitrogens is 6. The lowest BCUT2D eigenvalue weighted by Gasteiger charge is -2.29. The van der Waals surface area contributed by atoms with Crippen molar-refractivity contribution in [2.45, 2.75) is 239 Å². The number of thiophene rings is 2. The van der Waals surface area contributed by atoms with E-state index in [4.69, 9.17) is 62.0 Å². The first-order chi connectivity index (χ1) is 68.4. The quantitative estimate of drug-likeness (QED) is 0.0177. The van der Waals surface area contributed by atoms with Crippen molar-refractivity contribution in [3.63, 3.8) is 0 Å². The zero-order valence-corrected chi connectivity index (χ0v) is 99.7. The predicted octanol–water partition coefficient (Wildman–Crippen LogP) is 25.4. The minimum Gasteiger partial charge on any atom is -0.443 e. The number of anilines is 6. The number of alkyl halides is 1. The Kier molecular flexibility index (Phi) is 56.4. The molecule has 0 fully saturated rings. The fourth-order valence-corrected chi connectivity index (χ4v) is 19.4. The summed E-state index contributed by atoms with van der Waals surface area (Å²) < 4.78 is 26.8. The van der Waals surface area contributed by atoms with E-state index in [9.17, 15) is 38.4 Å². The third kappa shape index (κ3) is 44.2. The standard InChI is InChI=1S/C26H33BrN2O5.C20H20N2OS.C17H24Br2N2O4.C16H17BrN2O.C9H11BO3.C7H8Br2N2.C7H10N2.C4H5BO2S.CH3Cl.ClH/c1-9-19-20(18-12-10-11-17(14-18)13-16(2)30)15-28-22(21(19)27)29(23(31)33-25(3,4)5)24(32)34-26(6,7)8;1-3-16-17(15-7-4-6-14(11-15)10-13(2)23)12-22-20(21)19(16)18-8-5-9-24-18;1-8-10-11(18)9-20-13(12(10)19)21(14(22)24-16(2,3)4)15(23)25-17(5,6)7;1-3-13-14(9-19-16(18)15(13)17)12-6-4-5-11(8-12)7-10(2)20;1-7(11)5-8-3-2-4-9(6-8)10(12)13;1-2-4-5(8)3-11-7(10)6(4)9;1-2-6-3-4-9-7(8)5-6;6-5(7)4-2-1-3-8-4;1-2;/h10-12,14-15H,9,13H2,1-8H3;4-9,11-12H,3,10H2,1-2H3,(H2,21,22);9H,8H2,1-7H3;4-6,8-9H,3,7H2,1-2H3,(H2,18,19);2-4,6,12-13H,5H2,1H3;3H,2H2,1H3,(H2,10,11);3-5H,2H2,1H3,(H2,8,9);1-3,6-7H;1H3;1H. The van der Waals surface area contributed by atoms with Crippen LogP contribution in [0.5, 0.6) is 0 Å². The Morgan fingerprint density at radius 3 is 1.02 bits per heavy atom. The van der Waals surface area contributed by atoms with Crippen molar-refractivity contribution in [3.8, 4) is 43.8 Å². The van der Waals surface area contributed by atoms with E-state index in [1.165, 1.54) is 35.8 Å². The van der Waals surface area contributed by atoms with Crippen LogP contribution in [-0.4, -0.2) is 141 Å². The zero-order chi connectivity index (χ0) is 110. The number of nitrogens with zero attached hydrogens (tertiary/aromatic N) is 8. The molecule has 0 atom stereocenters. The summed E-state index contributed by atoms with van der Waals surface area (Å²) in [5, 5.41) is 38.5. The number of nitrogen functional groups attached to an aromatic ring is 4. The minimum atomic E-state index is -1.47. The van der Waals surface area contributed by atoms with Gasteiger partial charge in [-0.15, -0.1) is 35.3 Å². The van der Waals surface area contributed by atoms with Gasteiger partial charge in [-0.05, 0) is 352 Å². The van der Waals surface area contributed by atoms with E-state index in [1.54, 1.807) is 188 Å². The smallest absolute Gasteiger partial charge is 0.443 e. The molecule has 28 nitrogen and oxygen atoms in total. The average Bonchev–Trinajstić information content (AvgIpc) is 0.790. The molecule has 40 heteroatoms. The van der Waals surface area contributed by atoms with E-state index in [1.807, 2.05) is 104 Å². The molecule has 0 saturated heterocycles. The number of pyridine rings is 6. The monoisotopic (exact) mass is 2470 g/mol. The van der Waals surface area contributed by atoms with Crippen LogP contribution in [0.25, 0.3) is 43.8 Å². The van der Waals surface area contributed by atoms with Gasteiger partial charge in [0, 0.05) is 110 Å². The largest absolute Gasteiger partial charge is 0.499 e. The highest BCUT2D eigenvalue weighted by molar-refractivity contribution is 9.11. The molecule has 12 aromatic rings. The number of ketones is 4. The van der Waals surface area contributed by atoms with E-state index in [2.05, 4.69) is 183 Å². The van der Waals surface area contributed by atoms with Gasteiger partial charge in [0.05, 0.1) is 17.9 Å². The molecule has 12 N–H and O–H groups in total. The fourth-order valence-electron chi connectivity index (χ4n) is 13.5. The summed E-state index contributed by atoms with van der Waals surface area (Å²) in [6, 6.07) is 41.9. The van der Waals surface area contributed by atoms with Crippen LogP contribution < -0.4 is 43.0 Å². The maximum atomic E-state index is 13.1. The molecule has 0 aliphatic heterocycles. The fraction of sp³-hybridized carbons (Fsp3) is 0.346. The zero-order valence-electron chi connectivity index (χ0n) is 87.0. The van der Waals surface area contributed by atoms with Crippen molar-refractivity contribution in [3.05, 3.63) is 264 Å². The number of halogens is 8. The van der Waals surface area contributed by atoms with Crippen molar-refractivity contribution in [2.24, 2.45) is 0 Å². The van der Waals surface area contributed by atoms with E-state index in [0.717, 1.165) is 142 Å². The van der Waals surface area contributed by atoms with Crippen LogP contribution in [0.3, 0.4) is 0 Å². The van der Waals surface area contributed by atoms with Crippen LogP contribution in [-0.2, 0) is 102 Å². The summed E-state index contributed by atoms with van der Waals surface area (Å²) in [7, 11) is -2.76. The van der Waals surface area contributed by atoms with Gasteiger partial charge in [-0.1, -0.05) is 157 Å². The number of ether oxygens (including phenoxy) is 4. The molecule has 0 unspecified atom stereocenters. The van der Waals surface area contributed by atoms with E-state index in [-0.39, 0.29) is 47.2 Å². The number of carbonyl (C=O) groups excluding carboxylic acids is 8. The lowest BCUT2D eigenvalue weighted by atomic mass is 9.79. The van der Waals surface area contributed by atoms with Crippen LogP contribution in [0.15, 0.2) is 208 Å². The normalized spacial score (nSPS) is 10.7. The van der Waals surface area contributed by atoms with Crippen LogP contribution in [0, 0.1) is 0 Å². The molecule has 0 bridgehead atoms. The van der Waals surface area contributed by atoms with Gasteiger partial charge in [0.25, 0.3) is 0 Å². The highest BCUT2D eigenvalue weighted by Gasteiger charge is 2.38. The maximum Gasteiger partial charge on any atom is 0.499 e. The molecule has 0 saturated carbocycles. The average molecular weight is 2480 g/mol. The van der Waals surface area contributed by atoms with Gasteiger partial charge in [0.2, 0.25) is 0 Å². The Labute approximate surface area is 933 Å². The second-order valence-electron chi connectivity index (χ2n) is 36.5. The Hall–Kier alpha value is -10.0. The maximum absolute atomic E-state index is 13.1. The summed E-state index contributed by atoms with van der Waals surface area (Å²) in [6.07, 6.45) is 14.8. The summed E-state index contributed by atoms with van der Waals surface area (Å²) in [6.45, 7) is 39.2. The summed E-state index contributed by atoms with van der Waals surface area (Å²) in [5.41, 5.74) is 37.5. The molecule has 4 amide bonds. The van der Waals surface area contributed by atoms with E-state index >= 15 is 0 Å². The number of hydrogen-bond acceptors (Lipinski definition) is 28. The summed E-state index contributed by atoms with van der Waals surface area (Å²) in [5.74, 6) is 2.90. The van der Waals surface area contributed by atoms with Gasteiger partial charge in [-0.2, -0.15) is 21.1 Å². The highest BCUT2D eigenvalue weighted by atomic mass is 79.9. The molecule has 8 aromatic heterocycles. The number of imide groups is 2. The van der Waals surface area contributed by atoms with Gasteiger partial charge in [0.1, 0.15) is 68.8 Å². The number of rotatable bonds is 22. The number of benzene rings is 4. The lowest BCUT2D eigenvalue weighted by molar-refractivity contribution is -0.117. The minimum absolute atomic E-state index is 0. The lowest BCUT2D eigenvalue weighted by Crippen LogP contribution is -2.44. The molecule has 4 aromatic carbocycles. The molecule has 0 radical (unpaired) electrons. The van der Waals surface area contributed by atoms with Gasteiger partial charge >= 0.3 is 38.6 Å². The first kappa shape index (κ1) is 131. The number of nitrogens with two attached hydrogens (primary N) is 4. The van der Waals surface area contributed by atoms with Gasteiger partial charge < -0.3 is 62.0 Å². The number of Topliss-reactive ketones (excluding diaryl/α,β-unsaturated/α-hetero) is 4. The molecule has 8 heterocycles. The second kappa shape index (κ2) is 63.2. The Morgan fingerprint density at radius 1 is 0.367 bits per heavy atom. The third-order valence-corrected chi connectivity index (χ3v) is 26.3. The Morgan fingerprint density at radius 2 is 0.694 bits per heavy atom. The molecule has 790 valence electrons.